The maximum atomic E-state index is 11.6. The van der Waals surface area contributed by atoms with Crippen LogP contribution in [0.1, 0.15) is 78.6 Å². The van der Waals surface area contributed by atoms with Crippen molar-refractivity contribution in [1.29, 1.82) is 0 Å². The van der Waals surface area contributed by atoms with Gasteiger partial charge in [-0.15, -0.1) is 5.10 Å². The Morgan fingerprint density at radius 3 is 2.63 bits per heavy atom. The van der Waals surface area contributed by atoms with Gasteiger partial charge in [-0.05, 0) is 117 Å². The zero-order valence-electron chi connectivity index (χ0n) is 21.9. The van der Waals surface area contributed by atoms with E-state index in [1.807, 2.05) is 29.8 Å². The number of methoxy groups -OCH3 is 1. The van der Waals surface area contributed by atoms with E-state index in [1.165, 1.54) is 38.5 Å². The van der Waals surface area contributed by atoms with Crippen LogP contribution in [0.2, 0.25) is 0 Å². The van der Waals surface area contributed by atoms with E-state index in [2.05, 4.69) is 24.2 Å². The highest BCUT2D eigenvalue weighted by atomic mass is 16.5. The van der Waals surface area contributed by atoms with Crippen LogP contribution >= 0.6 is 0 Å². The topological polar surface area (TPSA) is 80.4 Å². The van der Waals surface area contributed by atoms with Crippen LogP contribution in [0, 0.1) is 40.4 Å². The minimum atomic E-state index is -0.474. The van der Waals surface area contributed by atoms with Gasteiger partial charge in [0.1, 0.15) is 11.3 Å². The lowest BCUT2D eigenvalue weighted by atomic mass is 9.44. The molecule has 9 atom stereocenters. The largest absolute Gasteiger partial charge is 0.497 e. The summed E-state index contributed by atoms with van der Waals surface area (Å²) in [5.74, 6) is 4.00. The quantitative estimate of drug-likeness (QED) is 0.627. The Labute approximate surface area is 209 Å². The van der Waals surface area contributed by atoms with Crippen LogP contribution in [0.15, 0.2) is 18.2 Å². The molecule has 0 aliphatic heterocycles. The number of hydrogen-bond acceptors (Lipinski definition) is 5. The molecule has 4 aliphatic carbocycles. The lowest BCUT2D eigenvalue weighted by molar-refractivity contribution is -0.150. The van der Waals surface area contributed by atoms with Gasteiger partial charge in [-0.1, -0.05) is 19.1 Å². The summed E-state index contributed by atoms with van der Waals surface area (Å²) in [6, 6.07) is 5.80. The highest BCUT2D eigenvalue weighted by Crippen LogP contribution is 2.68. The van der Waals surface area contributed by atoms with Crippen LogP contribution in [0.25, 0.3) is 11.0 Å². The molecule has 6 nitrogen and oxygen atoms in total. The average molecular weight is 482 g/mol. The van der Waals surface area contributed by atoms with Crippen molar-refractivity contribution in [3.63, 3.8) is 0 Å². The minimum absolute atomic E-state index is 0.192. The van der Waals surface area contributed by atoms with Crippen molar-refractivity contribution in [3.05, 3.63) is 18.2 Å². The zero-order chi connectivity index (χ0) is 24.6. The van der Waals surface area contributed by atoms with Gasteiger partial charge in [-0.25, -0.2) is 4.68 Å². The Hall–Kier alpha value is -1.66. The van der Waals surface area contributed by atoms with E-state index in [9.17, 15) is 10.2 Å². The normalized spacial score (nSPS) is 43.9. The van der Waals surface area contributed by atoms with Gasteiger partial charge >= 0.3 is 0 Å². The van der Waals surface area contributed by atoms with Gasteiger partial charge in [-0.3, -0.25) is 0 Å². The maximum Gasteiger partial charge on any atom is 0.121 e. The maximum absolute atomic E-state index is 11.6. The Morgan fingerprint density at radius 2 is 1.83 bits per heavy atom. The smallest absolute Gasteiger partial charge is 0.121 e. The second-order valence-corrected chi connectivity index (χ2v) is 13.3. The van der Waals surface area contributed by atoms with E-state index < -0.39 is 11.7 Å². The number of aliphatic hydroxyl groups is 2. The second-order valence-electron chi connectivity index (χ2n) is 13.3. The summed E-state index contributed by atoms with van der Waals surface area (Å²) in [7, 11) is 1.67. The standard InChI is InChI=1S/C29H43N3O3/c1-27(34)13-14-28(2)18(16-27)5-7-20-21-8-9-23(29(21,3)12-11-22(20)28)26(33)17-32-25-15-19(35-4)6-10-24(25)30-31-32/h6,10,15,18,20-23,26,33-34H,5,7-9,11-14,16-17H2,1-4H3/t18-,20+,21+,22+,23-,26?,27-,28+,29+/m1/s1. The SMILES string of the molecule is COc1ccc2nnn(CC(O)[C@H]3CC[C@H]4[C@@H]5CC[C@@H]6C[C@](C)(O)CC[C@]6(C)[C@H]5CC[C@]34C)c2c1. The first-order valence-electron chi connectivity index (χ1n) is 13.9. The molecule has 4 fully saturated rings. The molecule has 1 heterocycles. The second kappa shape index (κ2) is 8.17. The minimum Gasteiger partial charge on any atom is -0.497 e. The molecule has 35 heavy (non-hydrogen) atoms. The summed E-state index contributed by atoms with van der Waals surface area (Å²) in [6.45, 7) is 7.57. The van der Waals surface area contributed by atoms with Crippen LogP contribution in [-0.4, -0.2) is 44.0 Å². The molecule has 0 radical (unpaired) electrons. The van der Waals surface area contributed by atoms with Crippen molar-refractivity contribution in [2.45, 2.75) is 96.8 Å². The highest BCUT2D eigenvalue weighted by molar-refractivity contribution is 5.76. The first kappa shape index (κ1) is 23.7. The Morgan fingerprint density at radius 1 is 1.03 bits per heavy atom. The Bertz CT molecular complexity index is 1100. The fourth-order valence-electron chi connectivity index (χ4n) is 9.62. The number of benzene rings is 1. The van der Waals surface area contributed by atoms with Gasteiger partial charge in [0.05, 0.1) is 30.9 Å². The van der Waals surface area contributed by atoms with E-state index in [-0.39, 0.29) is 5.41 Å². The molecule has 0 amide bonds. The summed E-state index contributed by atoms with van der Waals surface area (Å²) in [6.07, 6.45) is 10.1. The average Bonchev–Trinajstić information content (AvgIpc) is 3.39. The van der Waals surface area contributed by atoms with Crippen LogP contribution in [0.5, 0.6) is 5.75 Å². The summed E-state index contributed by atoms with van der Waals surface area (Å²) >= 11 is 0. The number of aromatic nitrogens is 3. The summed E-state index contributed by atoms with van der Waals surface area (Å²) in [5.41, 5.74) is 1.86. The van der Waals surface area contributed by atoms with Crippen molar-refractivity contribution in [3.8, 4) is 5.75 Å². The van der Waals surface area contributed by atoms with Crippen molar-refractivity contribution in [2.75, 3.05) is 7.11 Å². The molecule has 0 spiro atoms. The van der Waals surface area contributed by atoms with Gasteiger partial charge in [0.15, 0.2) is 0 Å². The number of rotatable bonds is 4. The molecule has 6 rings (SSSR count). The monoisotopic (exact) mass is 481 g/mol. The van der Waals surface area contributed by atoms with Gasteiger partial charge in [-0.2, -0.15) is 0 Å². The number of aliphatic hydroxyl groups excluding tert-OH is 1. The summed E-state index contributed by atoms with van der Waals surface area (Å²) in [4.78, 5) is 0. The molecule has 2 aromatic rings. The van der Waals surface area contributed by atoms with Crippen molar-refractivity contribution in [1.82, 2.24) is 15.0 Å². The number of fused-ring (bicyclic) bond motifs is 6. The third-order valence-electron chi connectivity index (χ3n) is 11.6. The van der Waals surface area contributed by atoms with Gasteiger partial charge in [0.2, 0.25) is 0 Å². The van der Waals surface area contributed by atoms with Crippen molar-refractivity contribution < 1.29 is 14.9 Å². The summed E-state index contributed by atoms with van der Waals surface area (Å²) < 4.78 is 7.27. The number of hydrogen-bond donors (Lipinski definition) is 2. The number of nitrogens with zero attached hydrogens (tertiary/aromatic N) is 3. The zero-order valence-corrected chi connectivity index (χ0v) is 21.9. The first-order chi connectivity index (χ1) is 16.6. The van der Waals surface area contributed by atoms with Crippen LogP contribution in [0.4, 0.5) is 0 Å². The molecule has 1 aromatic heterocycles. The third-order valence-corrected chi connectivity index (χ3v) is 11.6. The van der Waals surface area contributed by atoms with E-state index in [0.29, 0.717) is 29.7 Å². The van der Waals surface area contributed by atoms with Crippen LogP contribution < -0.4 is 4.74 Å². The fourth-order valence-corrected chi connectivity index (χ4v) is 9.62. The predicted octanol–water partition coefficient (Wildman–Crippen LogP) is 5.21. The molecular weight excluding hydrogens is 438 g/mol. The van der Waals surface area contributed by atoms with Crippen molar-refractivity contribution in [2.24, 2.45) is 40.4 Å². The van der Waals surface area contributed by atoms with Crippen LogP contribution in [0.3, 0.4) is 0 Å². The molecular formula is C29H43N3O3. The lowest BCUT2D eigenvalue weighted by Crippen LogP contribution is -2.56. The molecule has 0 bridgehead atoms. The van der Waals surface area contributed by atoms with E-state index in [4.69, 9.17) is 4.74 Å². The summed E-state index contributed by atoms with van der Waals surface area (Å²) in [5, 5.41) is 31.0. The Balaban J connectivity index is 1.21. The molecule has 0 saturated heterocycles. The van der Waals surface area contributed by atoms with Gasteiger partial charge < -0.3 is 14.9 Å². The molecule has 192 valence electrons. The molecule has 4 saturated carbocycles. The lowest BCUT2D eigenvalue weighted by Gasteiger charge is -2.62. The van der Waals surface area contributed by atoms with Gasteiger partial charge in [0.25, 0.3) is 0 Å². The molecule has 2 N–H and O–H groups in total. The Kier molecular flexibility index (Phi) is 5.54. The fraction of sp³-hybridized carbons (Fsp3) is 0.793. The van der Waals surface area contributed by atoms with E-state index >= 15 is 0 Å². The third kappa shape index (κ3) is 3.65. The van der Waals surface area contributed by atoms with Crippen molar-refractivity contribution >= 4 is 11.0 Å². The highest BCUT2D eigenvalue weighted by Gasteiger charge is 2.61. The van der Waals surface area contributed by atoms with E-state index in [1.54, 1.807) is 7.11 Å². The molecule has 6 heteroatoms. The molecule has 1 aromatic carbocycles. The van der Waals surface area contributed by atoms with Gasteiger partial charge in [0, 0.05) is 6.07 Å². The first-order valence-corrected chi connectivity index (χ1v) is 13.9. The molecule has 4 aliphatic rings. The van der Waals surface area contributed by atoms with Crippen LogP contribution in [-0.2, 0) is 6.54 Å². The van der Waals surface area contributed by atoms with E-state index in [0.717, 1.165) is 47.9 Å². The molecule has 1 unspecified atom stereocenters. The predicted molar refractivity (Wildman–Crippen MR) is 136 cm³/mol. The number of ether oxygens (including phenoxy) is 1.